The molecule has 0 spiro atoms. The Morgan fingerprint density at radius 3 is 2.73 bits per heavy atom. The zero-order chi connectivity index (χ0) is 20.9. The quantitative estimate of drug-likeness (QED) is 0.514. The van der Waals surface area contributed by atoms with Gasteiger partial charge in [0, 0.05) is 18.5 Å². The molecule has 4 rings (SSSR count). The van der Waals surface area contributed by atoms with Crippen molar-refractivity contribution in [3.05, 3.63) is 54.4 Å². The third kappa shape index (κ3) is 4.15. The van der Waals surface area contributed by atoms with E-state index in [1.807, 2.05) is 48.5 Å². The second kappa shape index (κ2) is 8.98. The number of hydrogen-bond donors (Lipinski definition) is 0. The van der Waals surface area contributed by atoms with Crippen LogP contribution in [0, 0.1) is 0 Å². The van der Waals surface area contributed by atoms with E-state index >= 15 is 0 Å². The van der Waals surface area contributed by atoms with Crippen molar-refractivity contribution in [2.24, 2.45) is 0 Å². The largest absolute Gasteiger partial charge is 0.495 e. The van der Waals surface area contributed by atoms with Crippen LogP contribution in [0.15, 0.2) is 53.1 Å². The summed E-state index contributed by atoms with van der Waals surface area (Å²) in [6.07, 6.45) is 2.45. The molecule has 1 aromatic heterocycles. The Labute approximate surface area is 175 Å². The molecule has 3 aromatic rings. The van der Waals surface area contributed by atoms with E-state index in [-0.39, 0.29) is 11.8 Å². The highest BCUT2D eigenvalue weighted by molar-refractivity contribution is 5.97. The topological polar surface area (TPSA) is 77.7 Å². The molecule has 1 atom stereocenters. The van der Waals surface area contributed by atoms with Crippen molar-refractivity contribution in [3.63, 3.8) is 0 Å². The smallest absolute Gasteiger partial charge is 0.232 e. The molecule has 0 bridgehead atoms. The number of para-hydroxylation sites is 2. The molecule has 156 valence electrons. The number of carbonyl (C=O) groups excluding carboxylic acids is 1. The molecule has 30 heavy (non-hydrogen) atoms. The zero-order valence-electron chi connectivity index (χ0n) is 17.2. The summed E-state index contributed by atoms with van der Waals surface area (Å²) in [6, 6.07) is 15.1. The SMILES string of the molecule is CCCCOc1ccc(-c2noc(C3CC(=O)N(c4ccccc4OC)C3)n2)cc1. The Balaban J connectivity index is 1.46. The van der Waals surface area contributed by atoms with Crippen LogP contribution in [-0.4, -0.2) is 36.3 Å². The molecule has 0 saturated carbocycles. The molecule has 0 radical (unpaired) electrons. The van der Waals surface area contributed by atoms with Gasteiger partial charge in [0.05, 0.1) is 25.3 Å². The molecule has 2 aromatic carbocycles. The van der Waals surface area contributed by atoms with Crippen LogP contribution in [0.2, 0.25) is 0 Å². The van der Waals surface area contributed by atoms with Crippen LogP contribution in [-0.2, 0) is 4.79 Å². The third-order valence-electron chi connectivity index (χ3n) is 5.17. The summed E-state index contributed by atoms with van der Waals surface area (Å²) in [5, 5.41) is 4.11. The second-order valence-corrected chi connectivity index (χ2v) is 7.26. The van der Waals surface area contributed by atoms with Gasteiger partial charge in [-0.15, -0.1) is 0 Å². The number of unbranched alkanes of at least 4 members (excludes halogenated alkanes) is 1. The Kier molecular flexibility index (Phi) is 5.97. The van der Waals surface area contributed by atoms with Gasteiger partial charge in [-0.05, 0) is 42.8 Å². The fourth-order valence-corrected chi connectivity index (χ4v) is 3.51. The highest BCUT2D eigenvalue weighted by atomic mass is 16.5. The normalized spacial score (nSPS) is 16.1. The van der Waals surface area contributed by atoms with Crippen LogP contribution in [0.25, 0.3) is 11.4 Å². The fourth-order valence-electron chi connectivity index (χ4n) is 3.51. The summed E-state index contributed by atoms with van der Waals surface area (Å²) in [5.74, 6) is 2.33. The minimum absolute atomic E-state index is 0.0119. The van der Waals surface area contributed by atoms with Crippen molar-refractivity contribution >= 4 is 11.6 Å². The molecule has 0 N–H and O–H groups in total. The van der Waals surface area contributed by atoms with Crippen LogP contribution < -0.4 is 14.4 Å². The van der Waals surface area contributed by atoms with Gasteiger partial charge in [-0.25, -0.2) is 0 Å². The number of hydrogen-bond acceptors (Lipinski definition) is 6. The molecular weight excluding hydrogens is 382 g/mol. The van der Waals surface area contributed by atoms with Crippen LogP contribution in [0.3, 0.4) is 0 Å². The van der Waals surface area contributed by atoms with Gasteiger partial charge in [-0.1, -0.05) is 30.6 Å². The predicted molar refractivity (Wildman–Crippen MR) is 113 cm³/mol. The van der Waals surface area contributed by atoms with E-state index in [4.69, 9.17) is 14.0 Å². The van der Waals surface area contributed by atoms with Gasteiger partial charge in [-0.2, -0.15) is 4.98 Å². The zero-order valence-corrected chi connectivity index (χ0v) is 17.2. The molecule has 1 amide bonds. The maximum Gasteiger partial charge on any atom is 0.232 e. The summed E-state index contributed by atoms with van der Waals surface area (Å²) in [4.78, 5) is 18.9. The molecule has 7 heteroatoms. The van der Waals surface area contributed by atoms with Gasteiger partial charge >= 0.3 is 0 Å². The lowest BCUT2D eigenvalue weighted by atomic mass is 10.1. The summed E-state index contributed by atoms with van der Waals surface area (Å²) < 4.78 is 16.6. The summed E-state index contributed by atoms with van der Waals surface area (Å²) in [5.41, 5.74) is 1.60. The molecule has 1 fully saturated rings. The molecular formula is C23H25N3O4. The maximum atomic E-state index is 12.6. The van der Waals surface area contributed by atoms with Gasteiger partial charge in [0.15, 0.2) is 0 Å². The highest BCUT2D eigenvalue weighted by Crippen LogP contribution is 2.36. The minimum Gasteiger partial charge on any atom is -0.495 e. The van der Waals surface area contributed by atoms with E-state index in [1.54, 1.807) is 12.0 Å². The molecule has 2 heterocycles. The maximum absolute atomic E-state index is 12.6. The Hall–Kier alpha value is -3.35. The molecule has 1 aliphatic heterocycles. The van der Waals surface area contributed by atoms with Gasteiger partial charge in [-0.3, -0.25) is 4.79 Å². The minimum atomic E-state index is -0.152. The molecule has 1 saturated heterocycles. The first kappa shape index (κ1) is 19.9. The number of nitrogens with zero attached hydrogens (tertiary/aromatic N) is 3. The van der Waals surface area contributed by atoms with Crippen LogP contribution in [0.5, 0.6) is 11.5 Å². The predicted octanol–water partition coefficient (Wildman–Crippen LogP) is 4.44. The second-order valence-electron chi connectivity index (χ2n) is 7.26. The van der Waals surface area contributed by atoms with E-state index in [1.165, 1.54) is 0 Å². The van der Waals surface area contributed by atoms with Crippen molar-refractivity contribution in [2.45, 2.75) is 32.1 Å². The number of anilines is 1. The fraction of sp³-hybridized carbons (Fsp3) is 0.348. The number of carbonyl (C=O) groups is 1. The Morgan fingerprint density at radius 2 is 1.97 bits per heavy atom. The molecule has 7 nitrogen and oxygen atoms in total. The van der Waals surface area contributed by atoms with Crippen LogP contribution in [0.1, 0.15) is 38.0 Å². The monoisotopic (exact) mass is 407 g/mol. The van der Waals surface area contributed by atoms with E-state index in [0.29, 0.717) is 37.0 Å². The number of benzene rings is 2. The van der Waals surface area contributed by atoms with Gasteiger partial charge < -0.3 is 18.9 Å². The van der Waals surface area contributed by atoms with E-state index in [9.17, 15) is 4.79 Å². The lowest BCUT2D eigenvalue weighted by Gasteiger charge is -2.18. The van der Waals surface area contributed by atoms with Crippen molar-refractivity contribution in [1.82, 2.24) is 10.1 Å². The number of methoxy groups -OCH3 is 1. The number of aromatic nitrogens is 2. The Bertz CT molecular complexity index is 1000. The first-order valence-corrected chi connectivity index (χ1v) is 10.2. The Morgan fingerprint density at radius 1 is 1.17 bits per heavy atom. The van der Waals surface area contributed by atoms with E-state index in [0.717, 1.165) is 29.8 Å². The van der Waals surface area contributed by atoms with Gasteiger partial charge in [0.25, 0.3) is 0 Å². The average Bonchev–Trinajstić information content (AvgIpc) is 3.41. The number of rotatable bonds is 8. The van der Waals surface area contributed by atoms with Crippen LogP contribution in [0.4, 0.5) is 5.69 Å². The first-order chi connectivity index (χ1) is 14.7. The lowest BCUT2D eigenvalue weighted by Crippen LogP contribution is -2.24. The molecule has 1 unspecified atom stereocenters. The van der Waals surface area contributed by atoms with Gasteiger partial charge in [0.2, 0.25) is 17.6 Å². The van der Waals surface area contributed by atoms with Crippen molar-refractivity contribution < 1.29 is 18.8 Å². The van der Waals surface area contributed by atoms with Gasteiger partial charge in [0.1, 0.15) is 11.5 Å². The lowest BCUT2D eigenvalue weighted by molar-refractivity contribution is -0.117. The molecule has 0 aliphatic carbocycles. The first-order valence-electron chi connectivity index (χ1n) is 10.2. The van der Waals surface area contributed by atoms with E-state index < -0.39 is 0 Å². The van der Waals surface area contributed by atoms with E-state index in [2.05, 4.69) is 17.1 Å². The van der Waals surface area contributed by atoms with Crippen molar-refractivity contribution in [2.75, 3.05) is 25.2 Å². The number of amides is 1. The summed E-state index contributed by atoms with van der Waals surface area (Å²) >= 11 is 0. The summed E-state index contributed by atoms with van der Waals surface area (Å²) in [7, 11) is 1.60. The third-order valence-corrected chi connectivity index (χ3v) is 5.17. The highest BCUT2D eigenvalue weighted by Gasteiger charge is 2.36. The standard InChI is InChI=1S/C23H25N3O4/c1-3-4-13-29-18-11-9-16(10-12-18)22-24-23(30-25-22)17-14-21(27)26(15-17)19-7-5-6-8-20(19)28-2/h5-12,17H,3-4,13-15H2,1-2H3. The number of ether oxygens (including phenoxy) is 2. The van der Waals surface area contributed by atoms with Crippen molar-refractivity contribution in [1.29, 1.82) is 0 Å². The van der Waals surface area contributed by atoms with Crippen LogP contribution >= 0.6 is 0 Å². The average molecular weight is 407 g/mol. The summed E-state index contributed by atoms with van der Waals surface area (Å²) in [6.45, 7) is 3.32. The van der Waals surface area contributed by atoms with Crippen molar-refractivity contribution in [3.8, 4) is 22.9 Å². The molecule has 1 aliphatic rings.